The summed E-state index contributed by atoms with van der Waals surface area (Å²) in [5.41, 5.74) is 5.44. The van der Waals surface area contributed by atoms with Gasteiger partial charge in [0.15, 0.2) is 0 Å². The second-order valence-corrected chi connectivity index (χ2v) is 7.28. The second-order valence-electron chi connectivity index (χ2n) is 7.28. The third-order valence-corrected chi connectivity index (χ3v) is 5.03. The smallest absolute Gasteiger partial charge is 0.241 e. The Balaban J connectivity index is 2.06. The van der Waals surface area contributed by atoms with Gasteiger partial charge in [0, 0.05) is 24.0 Å². The van der Waals surface area contributed by atoms with Gasteiger partial charge in [0.1, 0.15) is 5.54 Å². The predicted octanol–water partition coefficient (Wildman–Crippen LogP) is 1.68. The Labute approximate surface area is 116 Å². The van der Waals surface area contributed by atoms with Gasteiger partial charge in [0.25, 0.3) is 0 Å². The van der Waals surface area contributed by atoms with Crippen molar-refractivity contribution in [1.29, 1.82) is 0 Å². The normalized spacial score (nSPS) is 37.6. The van der Waals surface area contributed by atoms with Crippen molar-refractivity contribution in [2.45, 2.75) is 65.1 Å². The molecule has 4 nitrogen and oxygen atoms in total. The van der Waals surface area contributed by atoms with Crippen molar-refractivity contribution >= 4 is 5.91 Å². The molecule has 1 amide bonds. The van der Waals surface area contributed by atoms with E-state index in [4.69, 9.17) is 10.5 Å². The lowest BCUT2D eigenvalue weighted by Gasteiger charge is -2.60. The zero-order chi connectivity index (χ0) is 14.4. The molecule has 0 aromatic rings. The summed E-state index contributed by atoms with van der Waals surface area (Å²) < 4.78 is 5.72. The summed E-state index contributed by atoms with van der Waals surface area (Å²) >= 11 is 0. The molecule has 3 N–H and O–H groups in total. The summed E-state index contributed by atoms with van der Waals surface area (Å²) in [4.78, 5) is 12.6. The van der Waals surface area contributed by atoms with Crippen LogP contribution in [0, 0.1) is 17.3 Å². The summed E-state index contributed by atoms with van der Waals surface area (Å²) in [7, 11) is 0. The van der Waals surface area contributed by atoms with Gasteiger partial charge < -0.3 is 15.8 Å². The van der Waals surface area contributed by atoms with E-state index >= 15 is 0 Å². The fourth-order valence-corrected chi connectivity index (χ4v) is 3.95. The van der Waals surface area contributed by atoms with Gasteiger partial charge in [-0.1, -0.05) is 27.7 Å². The molecule has 0 aromatic heterocycles. The van der Waals surface area contributed by atoms with Crippen LogP contribution < -0.4 is 11.1 Å². The quantitative estimate of drug-likeness (QED) is 0.815. The SMILES string of the molecule is CC(C)CC(C)NC(=O)C1(N)C2CCOC2C1(C)C. The molecular weight excluding hydrogens is 240 g/mol. The number of fused-ring (bicyclic) bond motifs is 1. The molecule has 110 valence electrons. The largest absolute Gasteiger partial charge is 0.377 e. The van der Waals surface area contributed by atoms with Gasteiger partial charge in [-0.15, -0.1) is 0 Å². The molecule has 2 fully saturated rings. The van der Waals surface area contributed by atoms with Crippen molar-refractivity contribution in [2.75, 3.05) is 6.61 Å². The molecule has 0 aromatic carbocycles. The average molecular weight is 268 g/mol. The van der Waals surface area contributed by atoms with Crippen LogP contribution in [0.1, 0.15) is 47.5 Å². The number of nitrogens with one attached hydrogen (secondary N) is 1. The highest BCUT2D eigenvalue weighted by molar-refractivity contribution is 5.89. The molecule has 4 heteroatoms. The van der Waals surface area contributed by atoms with E-state index < -0.39 is 5.54 Å². The number of hydrogen-bond donors (Lipinski definition) is 2. The molecule has 1 saturated carbocycles. The Morgan fingerprint density at radius 2 is 2.05 bits per heavy atom. The zero-order valence-corrected chi connectivity index (χ0v) is 12.8. The van der Waals surface area contributed by atoms with E-state index in [2.05, 4.69) is 26.1 Å². The molecule has 1 heterocycles. The van der Waals surface area contributed by atoms with Gasteiger partial charge >= 0.3 is 0 Å². The first-order valence-electron chi connectivity index (χ1n) is 7.42. The fraction of sp³-hybridized carbons (Fsp3) is 0.933. The molecule has 4 atom stereocenters. The van der Waals surface area contributed by atoms with Gasteiger partial charge in [-0.05, 0) is 25.7 Å². The highest BCUT2D eigenvalue weighted by atomic mass is 16.5. The highest BCUT2D eigenvalue weighted by Crippen LogP contribution is 2.58. The maximum Gasteiger partial charge on any atom is 0.241 e. The maximum atomic E-state index is 12.6. The molecule has 0 spiro atoms. The van der Waals surface area contributed by atoms with Crippen molar-refractivity contribution in [3.05, 3.63) is 0 Å². The first-order valence-corrected chi connectivity index (χ1v) is 7.42. The van der Waals surface area contributed by atoms with E-state index in [0.717, 1.165) is 19.4 Å². The topological polar surface area (TPSA) is 64.4 Å². The van der Waals surface area contributed by atoms with Crippen molar-refractivity contribution in [1.82, 2.24) is 5.32 Å². The Morgan fingerprint density at radius 3 is 2.63 bits per heavy atom. The van der Waals surface area contributed by atoms with Crippen LogP contribution >= 0.6 is 0 Å². The van der Waals surface area contributed by atoms with Crippen LogP contribution in [0.4, 0.5) is 0 Å². The molecule has 19 heavy (non-hydrogen) atoms. The Morgan fingerprint density at radius 1 is 1.42 bits per heavy atom. The minimum Gasteiger partial charge on any atom is -0.377 e. The lowest BCUT2D eigenvalue weighted by molar-refractivity contribution is -0.175. The Hall–Kier alpha value is -0.610. The maximum absolute atomic E-state index is 12.6. The van der Waals surface area contributed by atoms with E-state index in [1.54, 1.807) is 0 Å². The van der Waals surface area contributed by atoms with E-state index in [1.165, 1.54) is 0 Å². The van der Waals surface area contributed by atoms with Gasteiger partial charge in [-0.2, -0.15) is 0 Å². The lowest BCUT2D eigenvalue weighted by Crippen LogP contribution is -2.80. The standard InChI is InChI=1S/C15H28N2O2/c1-9(2)8-10(3)17-13(18)15(16)11-6-7-19-12(11)14(15,4)5/h9-12H,6-8,16H2,1-5H3,(H,17,18). The second kappa shape index (κ2) is 4.74. The summed E-state index contributed by atoms with van der Waals surface area (Å²) in [5.74, 6) is 0.743. The van der Waals surface area contributed by atoms with Crippen LogP contribution in [0.2, 0.25) is 0 Å². The van der Waals surface area contributed by atoms with Gasteiger partial charge in [-0.3, -0.25) is 4.79 Å². The van der Waals surface area contributed by atoms with Gasteiger partial charge in [0.05, 0.1) is 6.10 Å². The van der Waals surface area contributed by atoms with Crippen LogP contribution in [0.25, 0.3) is 0 Å². The number of nitrogens with two attached hydrogens (primary N) is 1. The molecule has 0 radical (unpaired) electrons. The van der Waals surface area contributed by atoms with Gasteiger partial charge in [-0.25, -0.2) is 0 Å². The average Bonchev–Trinajstić information content (AvgIpc) is 2.73. The fourth-order valence-electron chi connectivity index (χ4n) is 3.95. The predicted molar refractivity (Wildman–Crippen MR) is 75.6 cm³/mol. The third-order valence-electron chi connectivity index (χ3n) is 5.03. The molecule has 4 unspecified atom stereocenters. The third kappa shape index (κ3) is 2.09. The van der Waals surface area contributed by atoms with Crippen molar-refractivity contribution in [3.8, 4) is 0 Å². The number of carbonyl (C=O) groups is 1. The van der Waals surface area contributed by atoms with Crippen molar-refractivity contribution < 1.29 is 9.53 Å². The van der Waals surface area contributed by atoms with E-state index in [0.29, 0.717) is 5.92 Å². The minimum atomic E-state index is -0.778. The van der Waals surface area contributed by atoms with Crippen LogP contribution in [-0.4, -0.2) is 30.2 Å². The summed E-state index contributed by atoms with van der Waals surface area (Å²) in [6.07, 6.45) is 2.02. The van der Waals surface area contributed by atoms with Crippen LogP contribution in [0.3, 0.4) is 0 Å². The number of amides is 1. The molecule has 2 aliphatic rings. The Bertz CT molecular complexity index is 367. The van der Waals surface area contributed by atoms with E-state index in [1.807, 2.05) is 13.8 Å². The lowest BCUT2D eigenvalue weighted by atomic mass is 9.48. The number of ether oxygens (including phenoxy) is 1. The first kappa shape index (κ1) is 14.8. The summed E-state index contributed by atoms with van der Waals surface area (Å²) in [5, 5.41) is 3.10. The molecule has 0 bridgehead atoms. The number of rotatable bonds is 4. The summed E-state index contributed by atoms with van der Waals surface area (Å²) in [6.45, 7) is 11.2. The first-order chi connectivity index (χ1) is 8.71. The highest BCUT2D eigenvalue weighted by Gasteiger charge is 2.71. The minimum absolute atomic E-state index is 0.00241. The molecule has 1 aliphatic carbocycles. The van der Waals surface area contributed by atoms with Crippen molar-refractivity contribution in [2.24, 2.45) is 23.0 Å². The number of carbonyl (C=O) groups excluding carboxylic acids is 1. The Kier molecular flexibility index (Phi) is 3.69. The van der Waals surface area contributed by atoms with Crippen LogP contribution in [0.15, 0.2) is 0 Å². The van der Waals surface area contributed by atoms with E-state index in [9.17, 15) is 4.79 Å². The van der Waals surface area contributed by atoms with Crippen LogP contribution in [-0.2, 0) is 9.53 Å². The molecule has 2 rings (SSSR count). The monoisotopic (exact) mass is 268 g/mol. The van der Waals surface area contributed by atoms with Crippen LogP contribution in [0.5, 0.6) is 0 Å². The molecule has 1 saturated heterocycles. The number of hydrogen-bond acceptors (Lipinski definition) is 3. The summed E-state index contributed by atoms with van der Waals surface area (Å²) in [6, 6.07) is 0.171. The molecular formula is C15H28N2O2. The molecule has 1 aliphatic heterocycles. The zero-order valence-electron chi connectivity index (χ0n) is 12.8. The van der Waals surface area contributed by atoms with Gasteiger partial charge in [0.2, 0.25) is 5.91 Å². The van der Waals surface area contributed by atoms with Crippen molar-refractivity contribution in [3.63, 3.8) is 0 Å². The van der Waals surface area contributed by atoms with E-state index in [-0.39, 0.29) is 29.4 Å².